The molecule has 5 rings (SSSR count). The Labute approximate surface area is 255 Å². The largest absolute Gasteiger partial charge is 0.508 e. The number of phenols is 5. The fourth-order valence-corrected chi connectivity index (χ4v) is 4.74. The van der Waals surface area contributed by atoms with Crippen LogP contribution >= 0.6 is 0 Å². The van der Waals surface area contributed by atoms with Crippen molar-refractivity contribution in [3.63, 3.8) is 0 Å². The molecule has 6 atom stereocenters. The summed E-state index contributed by atoms with van der Waals surface area (Å²) in [6, 6.07) is 10.8. The van der Waals surface area contributed by atoms with Gasteiger partial charge in [0.1, 0.15) is 59.8 Å². The maximum atomic E-state index is 12.3. The average molecular weight is 627 g/mol. The first-order chi connectivity index (χ1) is 21.4. The second-order valence-corrected chi connectivity index (χ2v) is 10.2. The van der Waals surface area contributed by atoms with E-state index in [9.17, 15) is 45.6 Å². The third kappa shape index (κ3) is 6.68. The van der Waals surface area contributed by atoms with Gasteiger partial charge in [-0.1, -0.05) is 12.1 Å². The van der Waals surface area contributed by atoms with Gasteiger partial charge >= 0.3 is 5.97 Å². The summed E-state index contributed by atoms with van der Waals surface area (Å²) in [6.07, 6.45) is -5.75. The monoisotopic (exact) mass is 626 g/mol. The van der Waals surface area contributed by atoms with E-state index in [2.05, 4.69) is 0 Å². The summed E-state index contributed by atoms with van der Waals surface area (Å²) < 4.78 is 27.9. The van der Waals surface area contributed by atoms with Gasteiger partial charge in [-0.25, -0.2) is 4.79 Å². The van der Waals surface area contributed by atoms with Crippen LogP contribution in [0.5, 0.6) is 40.2 Å². The molecule has 1 saturated heterocycles. The Bertz CT molecular complexity index is 1620. The van der Waals surface area contributed by atoms with E-state index >= 15 is 0 Å². The van der Waals surface area contributed by atoms with Crippen molar-refractivity contribution in [2.45, 2.75) is 36.8 Å². The fraction of sp³-hybridized carbons (Fsp3) is 0.258. The maximum Gasteiger partial charge on any atom is 0.330 e. The molecule has 14 nitrogen and oxygen atoms in total. The van der Waals surface area contributed by atoms with E-state index in [-0.39, 0.29) is 45.6 Å². The molecule has 238 valence electrons. The van der Waals surface area contributed by atoms with Crippen molar-refractivity contribution in [2.75, 3.05) is 13.7 Å². The molecule has 0 aromatic heterocycles. The molecule has 0 amide bonds. The minimum atomic E-state index is -1.82. The minimum absolute atomic E-state index is 0.0158. The van der Waals surface area contributed by atoms with Crippen LogP contribution in [0.1, 0.15) is 22.8 Å². The number of benzene rings is 3. The Morgan fingerprint density at radius 3 is 2.33 bits per heavy atom. The number of aromatic hydroxyl groups is 5. The molecular weight excluding hydrogens is 596 g/mol. The molecule has 2 aliphatic rings. The van der Waals surface area contributed by atoms with E-state index in [4.69, 9.17) is 23.7 Å². The smallest absolute Gasteiger partial charge is 0.330 e. The predicted octanol–water partition coefficient (Wildman–Crippen LogP) is 1.78. The number of carbonyl (C=O) groups is 1. The number of carbonyl (C=O) groups excluding carboxylic acids is 1. The Morgan fingerprint density at radius 1 is 0.889 bits per heavy atom. The molecule has 0 radical (unpaired) electrons. The number of aliphatic hydroxyl groups excluding tert-OH is 3. The van der Waals surface area contributed by atoms with Gasteiger partial charge in [0, 0.05) is 23.8 Å². The first kappa shape index (κ1) is 31.3. The van der Waals surface area contributed by atoms with Gasteiger partial charge in [-0.3, -0.25) is 0 Å². The van der Waals surface area contributed by atoms with E-state index in [1.165, 1.54) is 43.5 Å². The van der Waals surface area contributed by atoms with Gasteiger partial charge < -0.3 is 64.5 Å². The number of ether oxygens (including phenoxy) is 5. The summed E-state index contributed by atoms with van der Waals surface area (Å²) in [7, 11) is 1.26. The highest BCUT2D eigenvalue weighted by Gasteiger charge is 2.46. The molecule has 1 unspecified atom stereocenters. The van der Waals surface area contributed by atoms with Crippen molar-refractivity contribution in [2.24, 2.45) is 0 Å². The number of aliphatic hydroxyl groups is 3. The van der Waals surface area contributed by atoms with Gasteiger partial charge in [0.15, 0.2) is 17.6 Å². The van der Waals surface area contributed by atoms with Gasteiger partial charge in [-0.15, -0.1) is 0 Å². The molecule has 2 aliphatic heterocycles. The number of fused-ring (bicyclic) bond motifs is 1. The van der Waals surface area contributed by atoms with Crippen LogP contribution in [0.2, 0.25) is 0 Å². The van der Waals surface area contributed by atoms with Crippen molar-refractivity contribution < 1.29 is 69.3 Å². The lowest BCUT2D eigenvalue weighted by atomic mass is 9.98. The van der Waals surface area contributed by atoms with Crippen molar-refractivity contribution in [1.82, 2.24) is 0 Å². The summed E-state index contributed by atoms with van der Waals surface area (Å²) in [5.41, 5.74) is 0.843. The zero-order valence-corrected chi connectivity index (χ0v) is 23.5. The summed E-state index contributed by atoms with van der Waals surface area (Å²) >= 11 is 0. The van der Waals surface area contributed by atoms with Crippen molar-refractivity contribution in [3.05, 3.63) is 77.1 Å². The minimum Gasteiger partial charge on any atom is -0.508 e. The van der Waals surface area contributed by atoms with Gasteiger partial charge in [-0.2, -0.15) is 0 Å². The van der Waals surface area contributed by atoms with E-state index in [1.54, 1.807) is 12.1 Å². The first-order valence-electron chi connectivity index (χ1n) is 13.5. The number of methoxy groups -OCH3 is 1. The Kier molecular flexibility index (Phi) is 8.92. The molecule has 1 fully saturated rings. The van der Waals surface area contributed by atoms with Gasteiger partial charge in [0.2, 0.25) is 12.0 Å². The van der Waals surface area contributed by atoms with Crippen LogP contribution in [0, 0.1) is 0 Å². The molecular formula is C31H30O14. The molecule has 0 spiro atoms. The van der Waals surface area contributed by atoms with E-state index < -0.39 is 60.9 Å². The quantitative estimate of drug-likeness (QED) is 0.101. The van der Waals surface area contributed by atoms with E-state index in [1.807, 2.05) is 0 Å². The molecule has 14 heteroatoms. The van der Waals surface area contributed by atoms with Crippen LogP contribution in [-0.4, -0.2) is 91.2 Å². The van der Waals surface area contributed by atoms with Crippen LogP contribution in [0.25, 0.3) is 12.2 Å². The zero-order valence-electron chi connectivity index (χ0n) is 23.5. The van der Waals surface area contributed by atoms with Crippen molar-refractivity contribution in [3.8, 4) is 40.2 Å². The second kappa shape index (κ2) is 12.8. The number of esters is 1. The van der Waals surface area contributed by atoms with Crippen LogP contribution in [-0.2, 0) is 19.0 Å². The third-order valence-corrected chi connectivity index (χ3v) is 7.11. The zero-order chi connectivity index (χ0) is 32.4. The number of phenolic OH excluding ortho intramolecular Hbond substituents is 5. The first-order valence-corrected chi connectivity index (χ1v) is 13.5. The lowest BCUT2D eigenvalue weighted by Gasteiger charge is -2.41. The van der Waals surface area contributed by atoms with Crippen LogP contribution in [0.4, 0.5) is 0 Å². The number of rotatable bonds is 8. The fourth-order valence-electron chi connectivity index (χ4n) is 4.74. The molecule has 8 N–H and O–H groups in total. The average Bonchev–Trinajstić information content (AvgIpc) is 3.01. The Hall–Kier alpha value is -5.15. The summed E-state index contributed by atoms with van der Waals surface area (Å²) in [5, 5.41) is 82.0. The van der Waals surface area contributed by atoms with Crippen LogP contribution in [0.15, 0.2) is 60.4 Å². The highest BCUT2D eigenvalue weighted by molar-refractivity contribution is 5.87. The molecule has 2 heterocycles. The van der Waals surface area contributed by atoms with Gasteiger partial charge in [-0.05, 0) is 42.0 Å². The summed E-state index contributed by atoms with van der Waals surface area (Å²) in [4.78, 5) is 12.3. The van der Waals surface area contributed by atoms with Gasteiger partial charge in [0.05, 0.1) is 12.7 Å². The lowest BCUT2D eigenvalue weighted by molar-refractivity contribution is -0.294. The molecule has 3 aromatic rings. The third-order valence-electron chi connectivity index (χ3n) is 7.11. The number of hydrogen-bond donors (Lipinski definition) is 8. The molecule has 3 aromatic carbocycles. The van der Waals surface area contributed by atoms with Crippen molar-refractivity contribution in [1.29, 1.82) is 0 Å². The topological polar surface area (TPSA) is 225 Å². The summed E-state index contributed by atoms with van der Waals surface area (Å²) in [5.74, 6) is -2.79. The highest BCUT2D eigenvalue weighted by Crippen LogP contribution is 2.47. The van der Waals surface area contributed by atoms with Crippen LogP contribution in [0.3, 0.4) is 0 Å². The summed E-state index contributed by atoms with van der Waals surface area (Å²) in [6.45, 7) is -0.547. The Morgan fingerprint density at radius 2 is 1.62 bits per heavy atom. The maximum absolute atomic E-state index is 12.3. The SMILES string of the molecule is COc1cc(C2Oc3cc(O)cc(O)c3C=C2O[C@@H]2O[C@H](COC(=O)/C=C/c3ccc(O)cc3)[C@@H](O)[C@@H](O)[C@H]2O)cc(O)c1O. The van der Waals surface area contributed by atoms with E-state index in [0.717, 1.165) is 18.2 Å². The van der Waals surface area contributed by atoms with Gasteiger partial charge in [0.25, 0.3) is 0 Å². The number of hydrogen-bond acceptors (Lipinski definition) is 14. The van der Waals surface area contributed by atoms with Crippen LogP contribution < -0.4 is 9.47 Å². The second-order valence-electron chi connectivity index (χ2n) is 10.2. The van der Waals surface area contributed by atoms with Crippen molar-refractivity contribution >= 4 is 18.1 Å². The Balaban J connectivity index is 1.38. The lowest BCUT2D eigenvalue weighted by Crippen LogP contribution is -2.59. The normalized spacial score (nSPS) is 24.3. The molecule has 0 aliphatic carbocycles. The predicted molar refractivity (Wildman–Crippen MR) is 153 cm³/mol. The standard InChI is InChI=1S/C31H30O14/c1-41-22-9-15(8-20(35)26(22)37)30-23(12-18-19(34)10-17(33)11-21(18)43-30)44-31-29(40)28(39)27(38)24(45-31)13-42-25(36)7-4-14-2-5-16(32)6-3-14/h2-12,24,27-35,37-40H,13H2,1H3/b7-4+/t24-,27-,28-,29-,30?,31-/m1/s1. The molecule has 45 heavy (non-hydrogen) atoms. The highest BCUT2D eigenvalue weighted by atomic mass is 16.7. The van der Waals surface area contributed by atoms with E-state index in [0.29, 0.717) is 5.56 Å². The molecule has 0 saturated carbocycles. The molecule has 0 bridgehead atoms.